The summed E-state index contributed by atoms with van der Waals surface area (Å²) in [7, 11) is 1.85. The smallest absolute Gasteiger partial charge is 0.224 e. The standard InChI is InChI=1S/C15H21ClN2OS.ClH/c1-11(13-5-3-4-6-14(13)16)18(2)15(19)9-12-10-20-8-7-17-12;/h3-6,11-12,17H,7-10H2,1-2H3;1H. The molecule has 6 heteroatoms. The van der Waals surface area contributed by atoms with E-state index in [0.29, 0.717) is 17.5 Å². The van der Waals surface area contributed by atoms with E-state index in [1.165, 1.54) is 0 Å². The molecule has 118 valence electrons. The Morgan fingerprint density at radius 3 is 2.86 bits per heavy atom. The number of thioether (sulfide) groups is 1. The molecule has 0 spiro atoms. The van der Waals surface area contributed by atoms with Gasteiger partial charge in [-0.05, 0) is 18.6 Å². The van der Waals surface area contributed by atoms with Gasteiger partial charge in [0.25, 0.3) is 0 Å². The topological polar surface area (TPSA) is 32.3 Å². The van der Waals surface area contributed by atoms with Crippen LogP contribution in [0.5, 0.6) is 0 Å². The first-order valence-electron chi connectivity index (χ1n) is 6.91. The number of carbonyl (C=O) groups excluding carboxylic acids is 1. The van der Waals surface area contributed by atoms with Crippen LogP contribution in [0.3, 0.4) is 0 Å². The van der Waals surface area contributed by atoms with Gasteiger partial charge in [0.05, 0.1) is 6.04 Å². The largest absolute Gasteiger partial charge is 0.339 e. The predicted octanol–water partition coefficient (Wildman–Crippen LogP) is 3.38. The van der Waals surface area contributed by atoms with Crippen molar-refractivity contribution in [1.82, 2.24) is 10.2 Å². The Balaban J connectivity index is 0.00000220. The number of rotatable bonds is 4. The van der Waals surface area contributed by atoms with E-state index in [2.05, 4.69) is 5.32 Å². The van der Waals surface area contributed by atoms with Gasteiger partial charge in [-0.2, -0.15) is 11.8 Å². The second kappa shape index (κ2) is 8.89. The third-order valence-electron chi connectivity index (χ3n) is 3.75. The van der Waals surface area contributed by atoms with E-state index >= 15 is 0 Å². The predicted molar refractivity (Wildman–Crippen MR) is 93.6 cm³/mol. The molecular formula is C15H22Cl2N2OS. The van der Waals surface area contributed by atoms with E-state index in [0.717, 1.165) is 23.6 Å². The second-order valence-corrected chi connectivity index (χ2v) is 6.69. The van der Waals surface area contributed by atoms with E-state index < -0.39 is 0 Å². The number of nitrogens with one attached hydrogen (secondary N) is 1. The molecule has 1 aromatic carbocycles. The SMILES string of the molecule is CC(c1ccccc1Cl)N(C)C(=O)CC1CSCCN1.Cl. The lowest BCUT2D eigenvalue weighted by atomic mass is 10.1. The number of benzene rings is 1. The third kappa shape index (κ3) is 5.06. The van der Waals surface area contributed by atoms with E-state index in [1.54, 1.807) is 4.90 Å². The van der Waals surface area contributed by atoms with Crippen LogP contribution in [0.4, 0.5) is 0 Å². The number of hydrogen-bond donors (Lipinski definition) is 1. The number of halogens is 2. The number of amides is 1. The third-order valence-corrected chi connectivity index (χ3v) is 5.22. The molecule has 0 aliphatic carbocycles. The van der Waals surface area contributed by atoms with Crippen LogP contribution in [0.25, 0.3) is 0 Å². The number of hydrogen-bond acceptors (Lipinski definition) is 3. The second-order valence-electron chi connectivity index (χ2n) is 5.13. The zero-order chi connectivity index (χ0) is 14.5. The van der Waals surface area contributed by atoms with Gasteiger partial charge in [0.15, 0.2) is 0 Å². The summed E-state index contributed by atoms with van der Waals surface area (Å²) >= 11 is 8.12. The van der Waals surface area contributed by atoms with Gasteiger partial charge in [-0.1, -0.05) is 29.8 Å². The Hall–Kier alpha value is -0.420. The first kappa shape index (κ1) is 18.6. The average molecular weight is 349 g/mol. The van der Waals surface area contributed by atoms with Crippen LogP contribution in [-0.4, -0.2) is 41.9 Å². The summed E-state index contributed by atoms with van der Waals surface area (Å²) in [6.45, 7) is 3.01. The van der Waals surface area contributed by atoms with E-state index in [4.69, 9.17) is 11.6 Å². The summed E-state index contributed by atoms with van der Waals surface area (Å²) in [6, 6.07) is 7.99. The molecule has 21 heavy (non-hydrogen) atoms. The van der Waals surface area contributed by atoms with Gasteiger partial charge in [-0.25, -0.2) is 0 Å². The van der Waals surface area contributed by atoms with E-state index in [9.17, 15) is 4.79 Å². The Kier molecular flexibility index (Phi) is 7.88. The minimum atomic E-state index is -0.00700. The fourth-order valence-electron chi connectivity index (χ4n) is 2.34. The highest BCUT2D eigenvalue weighted by Crippen LogP contribution is 2.26. The van der Waals surface area contributed by atoms with Crippen molar-refractivity contribution in [2.75, 3.05) is 25.1 Å². The maximum atomic E-state index is 12.4. The molecule has 1 saturated heterocycles. The van der Waals surface area contributed by atoms with Gasteiger partial charge < -0.3 is 10.2 Å². The molecule has 0 radical (unpaired) electrons. The molecule has 1 aliphatic heterocycles. The zero-order valence-electron chi connectivity index (χ0n) is 12.3. The summed E-state index contributed by atoms with van der Waals surface area (Å²) in [6.07, 6.45) is 0.554. The van der Waals surface area contributed by atoms with Gasteiger partial charge in [-0.15, -0.1) is 12.4 Å². The molecule has 0 bridgehead atoms. The molecular weight excluding hydrogens is 327 g/mol. The van der Waals surface area contributed by atoms with Crippen molar-refractivity contribution in [2.24, 2.45) is 0 Å². The fraction of sp³-hybridized carbons (Fsp3) is 0.533. The quantitative estimate of drug-likeness (QED) is 0.905. The average Bonchev–Trinajstić information content (AvgIpc) is 2.47. The Morgan fingerprint density at radius 2 is 2.24 bits per heavy atom. The van der Waals surface area contributed by atoms with Gasteiger partial charge in [0.1, 0.15) is 0 Å². The van der Waals surface area contributed by atoms with Crippen molar-refractivity contribution in [2.45, 2.75) is 25.4 Å². The Morgan fingerprint density at radius 1 is 1.52 bits per heavy atom. The summed E-state index contributed by atoms with van der Waals surface area (Å²) < 4.78 is 0. The molecule has 0 aromatic heterocycles. The molecule has 1 heterocycles. The lowest BCUT2D eigenvalue weighted by Crippen LogP contribution is -2.42. The fourth-order valence-corrected chi connectivity index (χ4v) is 3.59. The highest BCUT2D eigenvalue weighted by Gasteiger charge is 2.23. The lowest BCUT2D eigenvalue weighted by molar-refractivity contribution is -0.132. The van der Waals surface area contributed by atoms with Crippen molar-refractivity contribution in [3.05, 3.63) is 34.9 Å². The van der Waals surface area contributed by atoms with Gasteiger partial charge in [0, 0.05) is 42.6 Å². The van der Waals surface area contributed by atoms with Crippen LogP contribution in [-0.2, 0) is 4.79 Å². The summed E-state index contributed by atoms with van der Waals surface area (Å²) in [5.41, 5.74) is 0.996. The van der Waals surface area contributed by atoms with E-state index in [-0.39, 0.29) is 24.4 Å². The summed E-state index contributed by atoms with van der Waals surface area (Å²) in [5.74, 6) is 2.31. The first-order valence-corrected chi connectivity index (χ1v) is 8.44. The highest BCUT2D eigenvalue weighted by molar-refractivity contribution is 7.99. The molecule has 1 aliphatic rings. The van der Waals surface area contributed by atoms with Crippen molar-refractivity contribution >= 4 is 41.7 Å². The number of carbonyl (C=O) groups is 1. The maximum absolute atomic E-state index is 12.4. The van der Waals surface area contributed by atoms with Crippen LogP contribution in [0, 0.1) is 0 Å². The Bertz CT molecular complexity index is 467. The molecule has 1 aromatic rings. The monoisotopic (exact) mass is 348 g/mol. The molecule has 2 rings (SSSR count). The first-order chi connectivity index (χ1) is 9.59. The van der Waals surface area contributed by atoms with Crippen molar-refractivity contribution < 1.29 is 4.79 Å². The van der Waals surface area contributed by atoms with Crippen molar-refractivity contribution in [1.29, 1.82) is 0 Å². The van der Waals surface area contributed by atoms with Crippen molar-refractivity contribution in [3.8, 4) is 0 Å². The van der Waals surface area contributed by atoms with Crippen LogP contribution >= 0.6 is 35.8 Å². The molecule has 2 unspecified atom stereocenters. The van der Waals surface area contributed by atoms with Gasteiger partial charge in [0.2, 0.25) is 5.91 Å². The van der Waals surface area contributed by atoms with Gasteiger partial charge >= 0.3 is 0 Å². The van der Waals surface area contributed by atoms with Crippen LogP contribution in [0.2, 0.25) is 5.02 Å². The van der Waals surface area contributed by atoms with Crippen LogP contribution in [0.15, 0.2) is 24.3 Å². The molecule has 1 amide bonds. The van der Waals surface area contributed by atoms with Gasteiger partial charge in [-0.3, -0.25) is 4.79 Å². The van der Waals surface area contributed by atoms with Crippen molar-refractivity contribution in [3.63, 3.8) is 0 Å². The highest BCUT2D eigenvalue weighted by atomic mass is 35.5. The summed E-state index contributed by atoms with van der Waals surface area (Å²) in [4.78, 5) is 14.2. The van der Waals surface area contributed by atoms with Crippen LogP contribution in [0.1, 0.15) is 24.9 Å². The molecule has 2 atom stereocenters. The Labute approximate surface area is 142 Å². The molecule has 1 fully saturated rings. The minimum Gasteiger partial charge on any atom is -0.339 e. The normalized spacial score (nSPS) is 19.5. The van der Waals surface area contributed by atoms with Crippen LogP contribution < -0.4 is 5.32 Å². The summed E-state index contributed by atoms with van der Waals surface area (Å²) in [5, 5.41) is 4.11. The molecule has 3 nitrogen and oxygen atoms in total. The van der Waals surface area contributed by atoms with E-state index in [1.807, 2.05) is 50.0 Å². The minimum absolute atomic E-state index is 0. The lowest BCUT2D eigenvalue weighted by Gasteiger charge is -2.29. The maximum Gasteiger partial charge on any atom is 0.224 e. The number of nitrogens with zero attached hydrogens (tertiary/aromatic N) is 1. The zero-order valence-corrected chi connectivity index (χ0v) is 14.7. The molecule has 0 saturated carbocycles. The molecule has 1 N–H and O–H groups in total.